The van der Waals surface area contributed by atoms with Crippen molar-refractivity contribution in [3.05, 3.63) is 84.1 Å². The zero-order valence-corrected chi connectivity index (χ0v) is 13.3. The van der Waals surface area contributed by atoms with Gasteiger partial charge in [0.2, 0.25) is 0 Å². The van der Waals surface area contributed by atoms with Crippen molar-refractivity contribution in [2.45, 2.75) is 13.0 Å². The van der Waals surface area contributed by atoms with Gasteiger partial charge in [-0.05, 0) is 29.2 Å². The van der Waals surface area contributed by atoms with Crippen LogP contribution >= 0.6 is 0 Å². The van der Waals surface area contributed by atoms with Crippen LogP contribution in [0.25, 0.3) is 22.6 Å². The Morgan fingerprint density at radius 2 is 1.58 bits per heavy atom. The first-order chi connectivity index (χ1) is 11.8. The summed E-state index contributed by atoms with van der Waals surface area (Å²) in [6.07, 6.45) is 5.63. The van der Waals surface area contributed by atoms with E-state index in [9.17, 15) is 0 Å². The van der Waals surface area contributed by atoms with Crippen molar-refractivity contribution in [1.29, 1.82) is 0 Å². The van der Waals surface area contributed by atoms with Gasteiger partial charge in [-0.1, -0.05) is 48.5 Å². The van der Waals surface area contributed by atoms with E-state index in [0.717, 1.165) is 17.2 Å². The summed E-state index contributed by atoms with van der Waals surface area (Å²) in [5, 5.41) is 0. The SMILES string of the molecule is Cc1[nH]cnc1-c1nccn1C1c2ccccc2-c2ccccc21. The summed E-state index contributed by atoms with van der Waals surface area (Å²) >= 11 is 0. The molecule has 0 radical (unpaired) electrons. The normalized spacial score (nSPS) is 13.0. The molecule has 4 aromatic rings. The summed E-state index contributed by atoms with van der Waals surface area (Å²) in [4.78, 5) is 12.2. The molecule has 0 bridgehead atoms. The van der Waals surface area contributed by atoms with Gasteiger partial charge in [0, 0.05) is 18.1 Å². The number of nitrogens with one attached hydrogen (secondary N) is 1. The van der Waals surface area contributed by atoms with Gasteiger partial charge in [-0.2, -0.15) is 0 Å². The number of H-pyrrole nitrogens is 1. The van der Waals surface area contributed by atoms with Crippen LogP contribution in [0.3, 0.4) is 0 Å². The van der Waals surface area contributed by atoms with Gasteiger partial charge in [0.1, 0.15) is 5.69 Å². The molecule has 0 fully saturated rings. The minimum Gasteiger partial charge on any atom is -0.348 e. The molecular weight excluding hydrogens is 296 g/mol. The maximum absolute atomic E-state index is 4.59. The molecule has 116 valence electrons. The standard InChI is InChI=1S/C20H16N4/c1-13-18(23-12-22-13)20-21-10-11-24(20)19-16-8-4-2-6-14(16)15-7-3-5-9-17(15)19/h2-12,19H,1H3,(H,22,23). The number of rotatable bonds is 2. The summed E-state index contributed by atoms with van der Waals surface area (Å²) in [6.45, 7) is 2.03. The van der Waals surface area contributed by atoms with E-state index in [0.29, 0.717) is 0 Å². The molecule has 0 saturated carbocycles. The van der Waals surface area contributed by atoms with Crippen molar-refractivity contribution < 1.29 is 0 Å². The Balaban J connectivity index is 1.77. The summed E-state index contributed by atoms with van der Waals surface area (Å²) in [7, 11) is 0. The maximum Gasteiger partial charge on any atom is 0.161 e. The number of benzene rings is 2. The first kappa shape index (κ1) is 13.3. The smallest absolute Gasteiger partial charge is 0.161 e. The summed E-state index contributed by atoms with van der Waals surface area (Å²) < 4.78 is 2.23. The van der Waals surface area contributed by atoms with Crippen molar-refractivity contribution in [1.82, 2.24) is 19.5 Å². The van der Waals surface area contributed by atoms with Gasteiger partial charge in [0.25, 0.3) is 0 Å². The Labute approximate surface area is 139 Å². The van der Waals surface area contributed by atoms with Gasteiger partial charge in [-0.15, -0.1) is 0 Å². The van der Waals surface area contributed by atoms with Crippen LogP contribution in [-0.4, -0.2) is 19.5 Å². The van der Waals surface area contributed by atoms with Gasteiger partial charge < -0.3 is 9.55 Å². The van der Waals surface area contributed by atoms with Crippen molar-refractivity contribution >= 4 is 0 Å². The van der Waals surface area contributed by atoms with E-state index in [1.165, 1.54) is 22.3 Å². The lowest BCUT2D eigenvalue weighted by Gasteiger charge is -2.18. The Hall–Kier alpha value is -3.14. The molecule has 0 unspecified atom stereocenters. The van der Waals surface area contributed by atoms with Gasteiger partial charge in [0.05, 0.1) is 12.4 Å². The Morgan fingerprint density at radius 3 is 2.21 bits per heavy atom. The van der Waals surface area contributed by atoms with Crippen molar-refractivity contribution in [3.63, 3.8) is 0 Å². The van der Waals surface area contributed by atoms with E-state index < -0.39 is 0 Å². The van der Waals surface area contributed by atoms with E-state index >= 15 is 0 Å². The van der Waals surface area contributed by atoms with Crippen LogP contribution in [0, 0.1) is 6.92 Å². The van der Waals surface area contributed by atoms with Gasteiger partial charge in [0.15, 0.2) is 5.82 Å². The summed E-state index contributed by atoms with van der Waals surface area (Å²) in [6, 6.07) is 17.4. The van der Waals surface area contributed by atoms with Gasteiger partial charge in [-0.25, -0.2) is 9.97 Å². The Bertz CT molecular complexity index is 995. The van der Waals surface area contributed by atoms with Crippen molar-refractivity contribution in [3.8, 4) is 22.6 Å². The highest BCUT2D eigenvalue weighted by Crippen LogP contribution is 2.46. The third kappa shape index (κ3) is 1.74. The molecule has 0 aliphatic heterocycles. The largest absolute Gasteiger partial charge is 0.348 e. The van der Waals surface area contributed by atoms with E-state index in [4.69, 9.17) is 0 Å². The highest BCUT2D eigenvalue weighted by Gasteiger charge is 2.31. The number of hydrogen-bond donors (Lipinski definition) is 1. The molecule has 1 N–H and O–H groups in total. The second kappa shape index (κ2) is 4.93. The lowest BCUT2D eigenvalue weighted by Crippen LogP contribution is -2.10. The first-order valence-electron chi connectivity index (χ1n) is 8.06. The van der Waals surface area contributed by atoms with E-state index in [-0.39, 0.29) is 6.04 Å². The molecule has 0 atom stereocenters. The molecule has 4 heteroatoms. The van der Waals surface area contributed by atoms with Gasteiger partial charge in [-0.3, -0.25) is 0 Å². The van der Waals surface area contributed by atoms with E-state index in [1.54, 1.807) is 6.33 Å². The fraction of sp³-hybridized carbons (Fsp3) is 0.100. The van der Waals surface area contributed by atoms with Crippen LogP contribution in [0.15, 0.2) is 67.3 Å². The lowest BCUT2D eigenvalue weighted by atomic mass is 10.0. The quantitative estimate of drug-likeness (QED) is 0.531. The monoisotopic (exact) mass is 312 g/mol. The van der Waals surface area contributed by atoms with Crippen LogP contribution in [0.4, 0.5) is 0 Å². The topological polar surface area (TPSA) is 46.5 Å². The average molecular weight is 312 g/mol. The molecule has 4 nitrogen and oxygen atoms in total. The molecule has 24 heavy (non-hydrogen) atoms. The molecule has 2 aromatic carbocycles. The third-order valence-electron chi connectivity index (χ3n) is 4.79. The molecule has 0 spiro atoms. The molecule has 2 heterocycles. The summed E-state index contributed by atoms with van der Waals surface area (Å²) in [5.41, 5.74) is 7.16. The van der Waals surface area contributed by atoms with Crippen LogP contribution in [0.5, 0.6) is 0 Å². The highest BCUT2D eigenvalue weighted by molar-refractivity contribution is 5.79. The minimum absolute atomic E-state index is 0.131. The fourth-order valence-electron chi connectivity index (χ4n) is 3.72. The van der Waals surface area contributed by atoms with Gasteiger partial charge >= 0.3 is 0 Å². The minimum atomic E-state index is 0.131. The zero-order valence-electron chi connectivity index (χ0n) is 13.3. The lowest BCUT2D eigenvalue weighted by molar-refractivity contribution is 0.698. The number of nitrogens with zero attached hydrogens (tertiary/aromatic N) is 3. The Kier molecular flexibility index (Phi) is 2.73. The number of aryl methyl sites for hydroxylation is 1. The number of imidazole rings is 2. The second-order valence-corrected chi connectivity index (χ2v) is 6.11. The predicted octanol–water partition coefficient (Wildman–Crippen LogP) is 4.20. The molecule has 5 rings (SSSR count). The third-order valence-corrected chi connectivity index (χ3v) is 4.79. The molecule has 1 aliphatic rings. The average Bonchev–Trinajstić information content (AvgIpc) is 3.31. The van der Waals surface area contributed by atoms with E-state index in [2.05, 4.69) is 68.0 Å². The van der Waals surface area contributed by atoms with Crippen LogP contribution < -0.4 is 0 Å². The maximum atomic E-state index is 4.59. The number of aromatic amines is 1. The zero-order chi connectivity index (χ0) is 16.1. The Morgan fingerprint density at radius 1 is 0.917 bits per heavy atom. The second-order valence-electron chi connectivity index (χ2n) is 6.11. The fourth-order valence-corrected chi connectivity index (χ4v) is 3.72. The predicted molar refractivity (Wildman–Crippen MR) is 93.7 cm³/mol. The van der Waals surface area contributed by atoms with Crippen molar-refractivity contribution in [2.75, 3.05) is 0 Å². The molecule has 0 amide bonds. The van der Waals surface area contributed by atoms with Crippen LogP contribution in [-0.2, 0) is 0 Å². The highest BCUT2D eigenvalue weighted by atomic mass is 15.1. The number of aromatic nitrogens is 4. The number of fused-ring (bicyclic) bond motifs is 3. The van der Waals surface area contributed by atoms with E-state index in [1.807, 2.05) is 19.3 Å². The van der Waals surface area contributed by atoms with Crippen LogP contribution in [0.1, 0.15) is 22.9 Å². The van der Waals surface area contributed by atoms with Crippen molar-refractivity contribution in [2.24, 2.45) is 0 Å². The molecular formula is C20H16N4. The molecule has 1 aliphatic carbocycles. The number of hydrogen-bond acceptors (Lipinski definition) is 2. The molecule has 0 saturated heterocycles. The first-order valence-corrected chi connectivity index (χ1v) is 8.06. The van der Waals surface area contributed by atoms with Crippen LogP contribution in [0.2, 0.25) is 0 Å². The molecule has 2 aromatic heterocycles. The summed E-state index contributed by atoms with van der Waals surface area (Å²) in [5.74, 6) is 0.894.